The molecule has 5 heteroatoms. The molecule has 0 fully saturated rings. The predicted octanol–water partition coefficient (Wildman–Crippen LogP) is 3.80. The first-order valence-electron chi connectivity index (χ1n) is 6.74. The largest absolute Gasteiger partial charge is 0.297 e. The van der Waals surface area contributed by atoms with Crippen molar-refractivity contribution in [3.8, 4) is 0 Å². The van der Waals surface area contributed by atoms with E-state index in [9.17, 15) is 4.79 Å². The van der Waals surface area contributed by atoms with Gasteiger partial charge < -0.3 is 0 Å². The Hall–Kier alpha value is -2.01. The van der Waals surface area contributed by atoms with E-state index in [0.29, 0.717) is 5.13 Å². The first-order chi connectivity index (χ1) is 9.84. The van der Waals surface area contributed by atoms with Crippen molar-refractivity contribution in [3.05, 3.63) is 46.5 Å². The molecule has 110 valence electrons. The third kappa shape index (κ3) is 4.49. The number of rotatable bonds is 3. The second kappa shape index (κ2) is 6.18. The molecular formula is C16H19N3OS. The molecule has 4 nitrogen and oxygen atoms in total. The van der Waals surface area contributed by atoms with E-state index in [1.165, 1.54) is 23.0 Å². The molecule has 0 aliphatic rings. The van der Waals surface area contributed by atoms with Gasteiger partial charge in [-0.05, 0) is 29.5 Å². The van der Waals surface area contributed by atoms with Crippen LogP contribution < -0.4 is 5.32 Å². The number of benzene rings is 1. The average molecular weight is 301 g/mol. The van der Waals surface area contributed by atoms with E-state index in [1.807, 2.05) is 19.1 Å². The summed E-state index contributed by atoms with van der Waals surface area (Å²) in [5.74, 6) is -0.203. The minimum Gasteiger partial charge on any atom is -0.297 e. The summed E-state index contributed by atoms with van der Waals surface area (Å²) >= 11 is 1.35. The van der Waals surface area contributed by atoms with E-state index in [1.54, 1.807) is 6.08 Å². The van der Waals surface area contributed by atoms with Gasteiger partial charge in [0, 0.05) is 6.08 Å². The highest BCUT2D eigenvalue weighted by Gasteiger charge is 2.12. The summed E-state index contributed by atoms with van der Waals surface area (Å²) in [6.45, 7) is 8.37. The van der Waals surface area contributed by atoms with Gasteiger partial charge in [0.1, 0.15) is 5.01 Å². The highest BCUT2D eigenvalue weighted by Crippen LogP contribution is 2.22. The number of nitrogens with one attached hydrogen (secondary N) is 1. The Kier molecular flexibility index (Phi) is 4.53. The SMILES string of the molecule is Cc1nnc(NC(=O)/C=C\c2ccc(C(C)(C)C)cc2)s1. The van der Waals surface area contributed by atoms with Crippen LogP contribution >= 0.6 is 11.3 Å². The Balaban J connectivity index is 1.99. The van der Waals surface area contributed by atoms with Gasteiger partial charge in [0.15, 0.2) is 0 Å². The van der Waals surface area contributed by atoms with Gasteiger partial charge in [-0.25, -0.2) is 0 Å². The lowest BCUT2D eigenvalue weighted by molar-refractivity contribution is -0.111. The Morgan fingerprint density at radius 3 is 2.38 bits per heavy atom. The average Bonchev–Trinajstić information content (AvgIpc) is 2.81. The highest BCUT2D eigenvalue weighted by molar-refractivity contribution is 7.15. The van der Waals surface area contributed by atoms with Crippen molar-refractivity contribution in [1.82, 2.24) is 10.2 Å². The van der Waals surface area contributed by atoms with Crippen LogP contribution in [-0.4, -0.2) is 16.1 Å². The van der Waals surface area contributed by atoms with Gasteiger partial charge in [0.05, 0.1) is 0 Å². The molecule has 21 heavy (non-hydrogen) atoms. The monoisotopic (exact) mass is 301 g/mol. The first kappa shape index (κ1) is 15.4. The predicted molar refractivity (Wildman–Crippen MR) is 87.5 cm³/mol. The van der Waals surface area contributed by atoms with Crippen LogP contribution in [0.15, 0.2) is 30.3 Å². The second-order valence-electron chi connectivity index (χ2n) is 5.82. The number of carbonyl (C=O) groups excluding carboxylic acids is 1. The van der Waals surface area contributed by atoms with Gasteiger partial charge in [0.2, 0.25) is 11.0 Å². The molecule has 1 N–H and O–H groups in total. The standard InChI is InChI=1S/C16H19N3OS/c1-11-18-19-15(21-11)17-14(20)10-7-12-5-8-13(9-6-12)16(2,3)4/h5-10H,1-4H3,(H,17,19,20)/b10-7-. The molecule has 0 unspecified atom stereocenters. The summed E-state index contributed by atoms with van der Waals surface area (Å²) in [5, 5.41) is 11.7. The molecule has 1 aromatic carbocycles. The molecule has 2 aromatic rings. The minimum absolute atomic E-state index is 0.134. The van der Waals surface area contributed by atoms with Gasteiger partial charge in [-0.2, -0.15) is 0 Å². The van der Waals surface area contributed by atoms with Crippen LogP contribution in [0.2, 0.25) is 0 Å². The maximum absolute atomic E-state index is 11.8. The van der Waals surface area contributed by atoms with Crippen LogP contribution in [0.25, 0.3) is 6.08 Å². The first-order valence-corrected chi connectivity index (χ1v) is 7.56. The Labute approximate surface area is 128 Å². The molecule has 2 rings (SSSR count). The van der Waals surface area contributed by atoms with Crippen molar-refractivity contribution in [2.75, 3.05) is 5.32 Å². The Morgan fingerprint density at radius 2 is 1.86 bits per heavy atom. The summed E-state index contributed by atoms with van der Waals surface area (Å²) in [6, 6.07) is 8.20. The molecule has 1 amide bonds. The molecule has 0 spiro atoms. The number of amides is 1. The Morgan fingerprint density at radius 1 is 1.19 bits per heavy atom. The smallest absolute Gasteiger partial charge is 0.250 e. The molecule has 0 aliphatic carbocycles. The molecule has 0 saturated carbocycles. The van der Waals surface area contributed by atoms with Crippen molar-refractivity contribution in [1.29, 1.82) is 0 Å². The number of hydrogen-bond acceptors (Lipinski definition) is 4. The fraction of sp³-hybridized carbons (Fsp3) is 0.312. The fourth-order valence-corrected chi connectivity index (χ4v) is 2.36. The minimum atomic E-state index is -0.203. The molecule has 0 saturated heterocycles. The number of aryl methyl sites for hydroxylation is 1. The van der Waals surface area contributed by atoms with E-state index < -0.39 is 0 Å². The maximum Gasteiger partial charge on any atom is 0.250 e. The maximum atomic E-state index is 11.8. The summed E-state index contributed by atoms with van der Waals surface area (Å²) in [7, 11) is 0. The van der Waals surface area contributed by atoms with Crippen molar-refractivity contribution < 1.29 is 4.79 Å². The second-order valence-corrected chi connectivity index (χ2v) is 7.00. The summed E-state index contributed by atoms with van der Waals surface area (Å²) in [6.07, 6.45) is 3.29. The van der Waals surface area contributed by atoms with Crippen molar-refractivity contribution in [2.45, 2.75) is 33.1 Å². The molecule has 0 bridgehead atoms. The molecule has 0 radical (unpaired) electrons. The van der Waals surface area contributed by atoms with Crippen molar-refractivity contribution >= 4 is 28.5 Å². The van der Waals surface area contributed by atoms with Crippen LogP contribution in [0, 0.1) is 6.92 Å². The molecule has 0 aliphatic heterocycles. The number of anilines is 1. The normalized spacial score (nSPS) is 11.8. The van der Waals surface area contributed by atoms with Crippen molar-refractivity contribution in [2.24, 2.45) is 0 Å². The summed E-state index contributed by atoms with van der Waals surface area (Å²) in [4.78, 5) is 11.8. The van der Waals surface area contributed by atoms with Crippen LogP contribution in [0.4, 0.5) is 5.13 Å². The van der Waals surface area contributed by atoms with Crippen LogP contribution in [0.3, 0.4) is 0 Å². The zero-order valence-electron chi connectivity index (χ0n) is 12.7. The van der Waals surface area contributed by atoms with Crippen LogP contribution in [0.1, 0.15) is 36.9 Å². The zero-order valence-corrected chi connectivity index (χ0v) is 13.5. The summed E-state index contributed by atoms with van der Waals surface area (Å²) in [5.41, 5.74) is 2.40. The number of hydrogen-bond donors (Lipinski definition) is 1. The number of carbonyl (C=O) groups is 1. The van der Waals surface area contributed by atoms with Gasteiger partial charge in [-0.3, -0.25) is 10.1 Å². The number of nitrogens with zero attached hydrogens (tertiary/aromatic N) is 2. The molecule has 1 heterocycles. The fourth-order valence-electron chi connectivity index (χ4n) is 1.76. The van der Waals surface area contributed by atoms with E-state index in [-0.39, 0.29) is 11.3 Å². The lowest BCUT2D eigenvalue weighted by atomic mass is 9.87. The van der Waals surface area contributed by atoms with E-state index in [0.717, 1.165) is 10.6 Å². The molecular weight excluding hydrogens is 282 g/mol. The zero-order chi connectivity index (χ0) is 15.5. The van der Waals surface area contributed by atoms with Crippen LogP contribution in [-0.2, 0) is 10.2 Å². The van der Waals surface area contributed by atoms with Gasteiger partial charge >= 0.3 is 0 Å². The van der Waals surface area contributed by atoms with E-state index in [4.69, 9.17) is 0 Å². The molecule has 1 aromatic heterocycles. The lowest BCUT2D eigenvalue weighted by Gasteiger charge is -2.18. The Bertz CT molecular complexity index is 651. The van der Waals surface area contributed by atoms with E-state index >= 15 is 0 Å². The number of aromatic nitrogens is 2. The van der Waals surface area contributed by atoms with Crippen LogP contribution in [0.5, 0.6) is 0 Å². The van der Waals surface area contributed by atoms with Gasteiger partial charge in [-0.15, -0.1) is 10.2 Å². The highest BCUT2D eigenvalue weighted by atomic mass is 32.1. The van der Waals surface area contributed by atoms with Gasteiger partial charge in [0.25, 0.3) is 0 Å². The summed E-state index contributed by atoms with van der Waals surface area (Å²) < 4.78 is 0. The van der Waals surface area contributed by atoms with Gasteiger partial charge in [-0.1, -0.05) is 56.4 Å². The quantitative estimate of drug-likeness (QED) is 0.877. The third-order valence-corrected chi connectivity index (χ3v) is 3.71. The van der Waals surface area contributed by atoms with E-state index in [2.05, 4.69) is 48.4 Å². The molecule has 0 atom stereocenters. The third-order valence-electron chi connectivity index (χ3n) is 2.96. The lowest BCUT2D eigenvalue weighted by Crippen LogP contribution is -2.10. The van der Waals surface area contributed by atoms with Crippen molar-refractivity contribution in [3.63, 3.8) is 0 Å². The topological polar surface area (TPSA) is 54.9 Å².